The first-order valence-corrected chi connectivity index (χ1v) is 6.67. The summed E-state index contributed by atoms with van der Waals surface area (Å²) in [7, 11) is 0. The molecule has 0 aliphatic carbocycles. The first-order valence-electron chi connectivity index (χ1n) is 5.86. The van der Waals surface area contributed by atoms with Crippen LogP contribution in [0.5, 0.6) is 0 Å². The zero-order valence-corrected chi connectivity index (χ0v) is 11.1. The molecule has 0 spiro atoms. The Morgan fingerprint density at radius 2 is 1.85 bits per heavy atom. The van der Waals surface area contributed by atoms with E-state index in [0.29, 0.717) is 5.56 Å². The standard InChI is InChI=1S/C15H8N2O2S/c16-9-10-1-3-11(4-2-10)15-8-12-7-13(17(18)19)5-6-14(12)20-15/h1-8H. The van der Waals surface area contributed by atoms with Gasteiger partial charge in [-0.15, -0.1) is 11.3 Å². The number of benzene rings is 2. The third-order valence-electron chi connectivity index (χ3n) is 3.01. The van der Waals surface area contributed by atoms with Gasteiger partial charge in [0, 0.05) is 21.7 Å². The largest absolute Gasteiger partial charge is 0.270 e. The number of fused-ring (bicyclic) bond motifs is 1. The van der Waals surface area contributed by atoms with Gasteiger partial charge in [0.2, 0.25) is 0 Å². The summed E-state index contributed by atoms with van der Waals surface area (Å²) in [5.74, 6) is 0. The van der Waals surface area contributed by atoms with Gasteiger partial charge < -0.3 is 0 Å². The molecule has 0 N–H and O–H groups in total. The molecule has 96 valence electrons. The lowest BCUT2D eigenvalue weighted by molar-refractivity contribution is -0.384. The molecule has 0 saturated carbocycles. The highest BCUT2D eigenvalue weighted by Gasteiger charge is 2.09. The van der Waals surface area contributed by atoms with Crippen molar-refractivity contribution in [1.82, 2.24) is 0 Å². The van der Waals surface area contributed by atoms with Gasteiger partial charge in [-0.25, -0.2) is 0 Å². The molecule has 0 unspecified atom stereocenters. The highest BCUT2D eigenvalue weighted by molar-refractivity contribution is 7.22. The lowest BCUT2D eigenvalue weighted by atomic mass is 10.1. The van der Waals surface area contributed by atoms with Crippen molar-refractivity contribution in [3.63, 3.8) is 0 Å². The lowest BCUT2D eigenvalue weighted by Crippen LogP contribution is -1.85. The number of hydrogen-bond donors (Lipinski definition) is 0. The highest BCUT2D eigenvalue weighted by atomic mass is 32.1. The van der Waals surface area contributed by atoms with E-state index in [2.05, 4.69) is 6.07 Å². The Hall–Kier alpha value is -2.71. The van der Waals surface area contributed by atoms with Crippen molar-refractivity contribution in [3.05, 3.63) is 64.2 Å². The Bertz CT molecular complexity index is 844. The third-order valence-corrected chi connectivity index (χ3v) is 4.17. The molecule has 0 bridgehead atoms. The third kappa shape index (κ3) is 2.13. The number of nitrogens with zero attached hydrogens (tertiary/aromatic N) is 2. The van der Waals surface area contributed by atoms with Crippen LogP contribution in [0.2, 0.25) is 0 Å². The predicted octanol–water partition coefficient (Wildman–Crippen LogP) is 4.35. The van der Waals surface area contributed by atoms with Gasteiger partial charge >= 0.3 is 0 Å². The van der Waals surface area contributed by atoms with Gasteiger partial charge in [-0.2, -0.15) is 5.26 Å². The molecule has 0 radical (unpaired) electrons. The van der Waals surface area contributed by atoms with Crippen molar-refractivity contribution in [2.24, 2.45) is 0 Å². The van der Waals surface area contributed by atoms with E-state index >= 15 is 0 Å². The van der Waals surface area contributed by atoms with Gasteiger partial charge in [0.1, 0.15) is 0 Å². The van der Waals surface area contributed by atoms with Crippen LogP contribution in [0.15, 0.2) is 48.5 Å². The van der Waals surface area contributed by atoms with Gasteiger partial charge in [-0.1, -0.05) is 12.1 Å². The molecule has 2 aromatic carbocycles. The Labute approximate surface area is 118 Å². The first-order chi connectivity index (χ1) is 9.67. The Kier molecular flexibility index (Phi) is 2.93. The van der Waals surface area contributed by atoms with E-state index in [1.807, 2.05) is 18.2 Å². The van der Waals surface area contributed by atoms with Crippen molar-refractivity contribution in [3.8, 4) is 16.5 Å². The zero-order chi connectivity index (χ0) is 14.1. The molecule has 20 heavy (non-hydrogen) atoms. The Balaban J connectivity index is 2.08. The fraction of sp³-hybridized carbons (Fsp3) is 0. The number of nitro benzene ring substituents is 1. The van der Waals surface area contributed by atoms with E-state index in [4.69, 9.17) is 5.26 Å². The summed E-state index contributed by atoms with van der Waals surface area (Å²) in [5.41, 5.74) is 1.72. The normalized spacial score (nSPS) is 10.3. The summed E-state index contributed by atoms with van der Waals surface area (Å²) >= 11 is 1.58. The van der Waals surface area contributed by atoms with E-state index in [1.54, 1.807) is 35.6 Å². The maximum Gasteiger partial charge on any atom is 0.270 e. The minimum atomic E-state index is -0.390. The molecule has 0 aliphatic heterocycles. The van der Waals surface area contributed by atoms with Gasteiger partial charge in [-0.05, 0) is 35.2 Å². The van der Waals surface area contributed by atoms with E-state index in [0.717, 1.165) is 20.5 Å². The number of rotatable bonds is 2. The van der Waals surface area contributed by atoms with E-state index in [9.17, 15) is 10.1 Å². The van der Waals surface area contributed by atoms with E-state index < -0.39 is 4.92 Å². The summed E-state index contributed by atoms with van der Waals surface area (Å²) in [6, 6.07) is 16.2. The molecule has 1 heterocycles. The van der Waals surface area contributed by atoms with Crippen LogP contribution in [0.1, 0.15) is 5.56 Å². The summed E-state index contributed by atoms with van der Waals surface area (Å²) < 4.78 is 1.01. The Morgan fingerprint density at radius 1 is 1.10 bits per heavy atom. The molecule has 1 aromatic heterocycles. The van der Waals surface area contributed by atoms with Crippen LogP contribution in [-0.4, -0.2) is 4.92 Å². The first kappa shape index (κ1) is 12.3. The summed E-state index contributed by atoms with van der Waals surface area (Å²) in [6.07, 6.45) is 0. The van der Waals surface area contributed by atoms with Crippen LogP contribution in [0.25, 0.3) is 20.5 Å². The molecule has 3 aromatic rings. The van der Waals surface area contributed by atoms with Crippen molar-refractivity contribution in [2.45, 2.75) is 0 Å². The van der Waals surface area contributed by atoms with Crippen molar-refractivity contribution < 1.29 is 4.92 Å². The molecule has 3 rings (SSSR count). The van der Waals surface area contributed by atoms with E-state index in [1.165, 1.54) is 6.07 Å². The highest BCUT2D eigenvalue weighted by Crippen LogP contribution is 2.35. The molecule has 5 heteroatoms. The zero-order valence-electron chi connectivity index (χ0n) is 10.2. The second kappa shape index (κ2) is 4.76. The molecular weight excluding hydrogens is 272 g/mol. The van der Waals surface area contributed by atoms with Gasteiger partial charge in [0.05, 0.1) is 16.6 Å². The van der Waals surface area contributed by atoms with Gasteiger partial charge in [0.25, 0.3) is 5.69 Å². The maximum atomic E-state index is 10.8. The quantitative estimate of drug-likeness (QED) is 0.517. The summed E-state index contributed by atoms with van der Waals surface area (Å²) in [4.78, 5) is 11.4. The minimum Gasteiger partial charge on any atom is -0.258 e. The molecule has 0 fully saturated rings. The van der Waals surface area contributed by atoms with Crippen molar-refractivity contribution in [1.29, 1.82) is 5.26 Å². The average molecular weight is 280 g/mol. The van der Waals surface area contributed by atoms with E-state index in [-0.39, 0.29) is 5.69 Å². The molecule has 0 amide bonds. The Morgan fingerprint density at radius 3 is 2.50 bits per heavy atom. The minimum absolute atomic E-state index is 0.0988. The van der Waals surface area contributed by atoms with Crippen LogP contribution < -0.4 is 0 Å². The SMILES string of the molecule is N#Cc1ccc(-c2cc3cc([N+](=O)[O-])ccc3s2)cc1. The monoisotopic (exact) mass is 280 g/mol. The summed E-state index contributed by atoms with van der Waals surface area (Å²) in [6.45, 7) is 0. The van der Waals surface area contributed by atoms with Crippen LogP contribution in [0.4, 0.5) is 5.69 Å². The van der Waals surface area contributed by atoms with Gasteiger partial charge in [-0.3, -0.25) is 10.1 Å². The smallest absolute Gasteiger partial charge is 0.258 e. The van der Waals surface area contributed by atoms with Crippen LogP contribution in [0, 0.1) is 21.4 Å². The molecule has 0 atom stereocenters. The number of nitro groups is 1. The topological polar surface area (TPSA) is 66.9 Å². The maximum absolute atomic E-state index is 10.8. The number of non-ortho nitro benzene ring substituents is 1. The van der Waals surface area contributed by atoms with Crippen LogP contribution in [-0.2, 0) is 0 Å². The van der Waals surface area contributed by atoms with Crippen molar-refractivity contribution >= 4 is 27.1 Å². The number of hydrogen-bond acceptors (Lipinski definition) is 4. The number of thiophene rings is 1. The predicted molar refractivity (Wildman–Crippen MR) is 78.6 cm³/mol. The molecular formula is C15H8N2O2S. The van der Waals surface area contributed by atoms with Crippen LogP contribution >= 0.6 is 11.3 Å². The number of nitriles is 1. The lowest BCUT2D eigenvalue weighted by Gasteiger charge is -1.95. The second-order valence-corrected chi connectivity index (χ2v) is 5.36. The fourth-order valence-corrected chi connectivity index (χ4v) is 3.04. The van der Waals surface area contributed by atoms with Crippen molar-refractivity contribution in [2.75, 3.05) is 0 Å². The average Bonchev–Trinajstić information content (AvgIpc) is 2.90. The summed E-state index contributed by atoms with van der Waals surface area (Å²) in [5, 5.41) is 20.4. The van der Waals surface area contributed by atoms with Gasteiger partial charge in [0.15, 0.2) is 0 Å². The second-order valence-electron chi connectivity index (χ2n) is 4.28. The molecule has 0 aliphatic rings. The molecule has 4 nitrogen and oxygen atoms in total. The fourth-order valence-electron chi connectivity index (χ4n) is 2.00. The van der Waals surface area contributed by atoms with Crippen LogP contribution in [0.3, 0.4) is 0 Å². The molecule has 0 saturated heterocycles.